The van der Waals surface area contributed by atoms with Gasteiger partial charge in [0.05, 0.1) is 25.5 Å². The van der Waals surface area contributed by atoms with E-state index < -0.39 is 17.7 Å². The highest BCUT2D eigenvalue weighted by atomic mass is 19.4. The molecule has 0 spiro atoms. The van der Waals surface area contributed by atoms with Gasteiger partial charge in [-0.1, -0.05) is 12.1 Å². The Morgan fingerprint density at radius 2 is 1.95 bits per heavy atom. The SMILES string of the molecule is COC(=O)c1ncn(Cc2ccc(C(F)(F)F)cc2)c1N. The van der Waals surface area contributed by atoms with E-state index >= 15 is 0 Å². The average molecular weight is 299 g/mol. The fourth-order valence-electron chi connectivity index (χ4n) is 1.77. The first kappa shape index (κ1) is 14.9. The monoisotopic (exact) mass is 299 g/mol. The molecule has 1 aromatic heterocycles. The van der Waals surface area contributed by atoms with Crippen LogP contribution in [0, 0.1) is 0 Å². The van der Waals surface area contributed by atoms with E-state index in [1.54, 1.807) is 0 Å². The molecule has 0 radical (unpaired) electrons. The number of nitrogens with two attached hydrogens (primary N) is 1. The Morgan fingerprint density at radius 1 is 1.33 bits per heavy atom. The van der Waals surface area contributed by atoms with Crippen molar-refractivity contribution in [3.8, 4) is 0 Å². The summed E-state index contributed by atoms with van der Waals surface area (Å²) in [5.74, 6) is -0.569. The van der Waals surface area contributed by atoms with Crippen LogP contribution < -0.4 is 5.73 Å². The van der Waals surface area contributed by atoms with Gasteiger partial charge in [0.25, 0.3) is 0 Å². The Bertz CT molecular complexity index is 648. The first-order valence-electron chi connectivity index (χ1n) is 5.88. The number of ether oxygens (including phenoxy) is 1. The zero-order valence-electron chi connectivity index (χ0n) is 11.0. The summed E-state index contributed by atoms with van der Waals surface area (Å²) in [7, 11) is 1.21. The summed E-state index contributed by atoms with van der Waals surface area (Å²) in [5.41, 5.74) is 5.60. The Morgan fingerprint density at radius 3 is 2.48 bits per heavy atom. The molecule has 0 amide bonds. The van der Waals surface area contributed by atoms with Gasteiger partial charge >= 0.3 is 12.1 Å². The van der Waals surface area contributed by atoms with Crippen molar-refractivity contribution in [1.29, 1.82) is 0 Å². The molecule has 0 saturated carbocycles. The van der Waals surface area contributed by atoms with Crippen LogP contribution in [0.1, 0.15) is 21.6 Å². The number of esters is 1. The molecule has 1 heterocycles. The lowest BCUT2D eigenvalue weighted by molar-refractivity contribution is -0.137. The van der Waals surface area contributed by atoms with Crippen LogP contribution in [0.5, 0.6) is 0 Å². The van der Waals surface area contributed by atoms with Gasteiger partial charge in [0.1, 0.15) is 5.82 Å². The lowest BCUT2D eigenvalue weighted by Gasteiger charge is -2.09. The van der Waals surface area contributed by atoms with Crippen molar-refractivity contribution in [3.05, 3.63) is 47.4 Å². The molecule has 2 aromatic rings. The van der Waals surface area contributed by atoms with E-state index in [0.717, 1.165) is 12.1 Å². The van der Waals surface area contributed by atoms with Crippen LogP contribution in [0.15, 0.2) is 30.6 Å². The second-order valence-electron chi connectivity index (χ2n) is 4.29. The van der Waals surface area contributed by atoms with Crippen molar-refractivity contribution in [2.24, 2.45) is 0 Å². The van der Waals surface area contributed by atoms with E-state index in [2.05, 4.69) is 9.72 Å². The van der Waals surface area contributed by atoms with Crippen LogP contribution in [0.25, 0.3) is 0 Å². The molecular weight excluding hydrogens is 287 g/mol. The second kappa shape index (κ2) is 5.47. The van der Waals surface area contributed by atoms with E-state index in [1.807, 2.05) is 0 Å². The molecule has 0 bridgehead atoms. The van der Waals surface area contributed by atoms with Gasteiger partial charge in [-0.3, -0.25) is 0 Å². The van der Waals surface area contributed by atoms with Crippen molar-refractivity contribution in [3.63, 3.8) is 0 Å². The minimum absolute atomic E-state index is 0.0237. The molecule has 8 heteroatoms. The van der Waals surface area contributed by atoms with E-state index in [4.69, 9.17) is 5.73 Å². The average Bonchev–Trinajstić information content (AvgIpc) is 2.79. The predicted octanol–water partition coefficient (Wildman–Crippen LogP) is 2.32. The molecule has 0 aliphatic heterocycles. The highest BCUT2D eigenvalue weighted by molar-refractivity contribution is 5.92. The highest BCUT2D eigenvalue weighted by Crippen LogP contribution is 2.29. The quantitative estimate of drug-likeness (QED) is 0.883. The number of hydrogen-bond acceptors (Lipinski definition) is 4. The van der Waals surface area contributed by atoms with Gasteiger partial charge in [-0.15, -0.1) is 0 Å². The number of aromatic nitrogens is 2. The van der Waals surface area contributed by atoms with Gasteiger partial charge < -0.3 is 15.0 Å². The molecule has 0 aliphatic carbocycles. The lowest BCUT2D eigenvalue weighted by atomic mass is 10.1. The van der Waals surface area contributed by atoms with Crippen LogP contribution in [0.4, 0.5) is 19.0 Å². The van der Waals surface area contributed by atoms with Crippen molar-refractivity contribution in [1.82, 2.24) is 9.55 Å². The van der Waals surface area contributed by atoms with Gasteiger partial charge in [-0.05, 0) is 17.7 Å². The van der Waals surface area contributed by atoms with Gasteiger partial charge in [0.2, 0.25) is 0 Å². The molecule has 112 valence electrons. The molecular formula is C13H12F3N3O2. The summed E-state index contributed by atoms with van der Waals surface area (Å²) >= 11 is 0. The van der Waals surface area contributed by atoms with Crippen molar-refractivity contribution >= 4 is 11.8 Å². The number of methoxy groups -OCH3 is 1. The largest absolute Gasteiger partial charge is 0.464 e. The third-order valence-corrected chi connectivity index (χ3v) is 2.89. The standard InChI is InChI=1S/C13H12F3N3O2/c1-21-12(20)10-11(17)19(7-18-10)6-8-2-4-9(5-3-8)13(14,15)16/h2-5,7H,6,17H2,1H3. The maximum atomic E-state index is 12.5. The van der Waals surface area contributed by atoms with Gasteiger partial charge in [-0.2, -0.15) is 13.2 Å². The van der Waals surface area contributed by atoms with Crippen molar-refractivity contribution in [2.75, 3.05) is 12.8 Å². The number of imidazole rings is 1. The Hall–Kier alpha value is -2.51. The number of rotatable bonds is 3. The molecule has 1 aromatic carbocycles. The first-order chi connectivity index (χ1) is 9.82. The third-order valence-electron chi connectivity index (χ3n) is 2.89. The smallest absolute Gasteiger partial charge is 0.416 e. The first-order valence-corrected chi connectivity index (χ1v) is 5.88. The van der Waals surface area contributed by atoms with Crippen LogP contribution in [-0.2, 0) is 17.5 Å². The van der Waals surface area contributed by atoms with Crippen LogP contribution in [-0.4, -0.2) is 22.6 Å². The fourth-order valence-corrected chi connectivity index (χ4v) is 1.77. The number of nitrogens with zero attached hydrogens (tertiary/aromatic N) is 2. The number of carbonyl (C=O) groups excluding carboxylic acids is 1. The highest BCUT2D eigenvalue weighted by Gasteiger charge is 2.29. The number of anilines is 1. The zero-order valence-corrected chi connectivity index (χ0v) is 11.0. The number of benzene rings is 1. The molecule has 5 nitrogen and oxygen atoms in total. The molecule has 0 aliphatic rings. The van der Waals surface area contributed by atoms with Gasteiger partial charge in [0, 0.05) is 0 Å². The second-order valence-corrected chi connectivity index (χ2v) is 4.29. The van der Waals surface area contributed by atoms with E-state index in [0.29, 0.717) is 5.56 Å². The summed E-state index contributed by atoms with van der Waals surface area (Å²) in [6.07, 6.45) is -3.04. The summed E-state index contributed by atoms with van der Waals surface area (Å²) in [6.45, 7) is 0.202. The van der Waals surface area contributed by atoms with E-state index in [1.165, 1.54) is 30.1 Å². The summed E-state index contributed by atoms with van der Waals surface area (Å²) in [5, 5.41) is 0. The molecule has 0 fully saturated rings. The van der Waals surface area contributed by atoms with Crippen molar-refractivity contribution in [2.45, 2.75) is 12.7 Å². The Balaban J connectivity index is 2.19. The Kier molecular flexibility index (Phi) is 3.88. The molecule has 0 saturated heterocycles. The zero-order chi connectivity index (χ0) is 15.6. The van der Waals surface area contributed by atoms with Crippen LogP contribution in [0.3, 0.4) is 0 Å². The Labute approximate surface area is 118 Å². The molecule has 21 heavy (non-hydrogen) atoms. The van der Waals surface area contributed by atoms with E-state index in [9.17, 15) is 18.0 Å². The summed E-state index contributed by atoms with van der Waals surface area (Å²) in [6, 6.07) is 4.67. The maximum Gasteiger partial charge on any atom is 0.416 e. The molecule has 2 N–H and O–H groups in total. The number of nitrogen functional groups attached to an aromatic ring is 1. The minimum atomic E-state index is -4.37. The minimum Gasteiger partial charge on any atom is -0.464 e. The fraction of sp³-hybridized carbons (Fsp3) is 0.231. The third kappa shape index (κ3) is 3.15. The number of alkyl halides is 3. The molecule has 0 unspecified atom stereocenters. The normalized spacial score (nSPS) is 11.4. The number of carbonyl (C=O) groups is 1. The topological polar surface area (TPSA) is 70.1 Å². The predicted molar refractivity (Wildman–Crippen MR) is 68.5 cm³/mol. The number of hydrogen-bond donors (Lipinski definition) is 1. The summed E-state index contributed by atoms with van der Waals surface area (Å²) in [4.78, 5) is 15.2. The van der Waals surface area contributed by atoms with Gasteiger partial charge in [-0.25, -0.2) is 9.78 Å². The lowest BCUT2D eigenvalue weighted by Crippen LogP contribution is -2.09. The molecule has 2 rings (SSSR count). The van der Waals surface area contributed by atoms with E-state index in [-0.39, 0.29) is 18.1 Å². The van der Waals surface area contributed by atoms with Crippen molar-refractivity contribution < 1.29 is 22.7 Å². The summed E-state index contributed by atoms with van der Waals surface area (Å²) < 4.78 is 43.3. The van der Waals surface area contributed by atoms with Crippen LogP contribution >= 0.6 is 0 Å². The number of halogens is 3. The molecule has 0 atom stereocenters. The maximum absolute atomic E-state index is 12.5. The van der Waals surface area contributed by atoms with Gasteiger partial charge in [0.15, 0.2) is 5.69 Å². The van der Waals surface area contributed by atoms with Crippen LogP contribution in [0.2, 0.25) is 0 Å².